The molecule has 18 aromatic carbocycles. The maximum Gasteiger partial charge on any atom is 0.416 e. The maximum absolute atomic E-state index is 13.7. The molecule has 0 atom stereocenters. The highest BCUT2D eigenvalue weighted by Crippen LogP contribution is 2.45. The fourth-order valence-electron chi connectivity index (χ4n) is 14.7. The summed E-state index contributed by atoms with van der Waals surface area (Å²) in [5.74, 6) is 0.448. The normalized spacial score (nSPS) is 11.6. The molecule has 1 N–H and O–H groups in total. The summed E-state index contributed by atoms with van der Waals surface area (Å²) in [4.78, 5) is 16.8. The molecule has 23 heteroatoms. The van der Waals surface area contributed by atoms with Crippen LogP contribution in [0.4, 0.5) is 57.1 Å². The van der Waals surface area contributed by atoms with Crippen molar-refractivity contribution in [1.29, 1.82) is 0 Å². The number of phenols is 1. The second-order valence-electron chi connectivity index (χ2n) is 35.5. The quantitative estimate of drug-likeness (QED) is 0.0575. The number of phenolic OH excluding ortho intramolecular Hbond substituents is 1. The highest BCUT2D eigenvalue weighted by molar-refractivity contribution is 7.98. The lowest BCUT2D eigenvalue weighted by Gasteiger charge is -2.22. The minimum absolute atomic E-state index is 0.0328. The van der Waals surface area contributed by atoms with Gasteiger partial charge >= 0.3 is 18.5 Å². The van der Waals surface area contributed by atoms with Crippen LogP contribution < -0.4 is 14.2 Å². The molecule has 0 saturated carbocycles. The van der Waals surface area contributed by atoms with Crippen LogP contribution in [0.2, 0.25) is 0 Å². The van der Waals surface area contributed by atoms with E-state index in [4.69, 9.17) is 14.2 Å². The first-order valence-corrected chi connectivity index (χ1v) is 53.6. The molecule has 0 heterocycles. The summed E-state index contributed by atoms with van der Waals surface area (Å²) in [7, 11) is -3.10. The lowest BCUT2D eigenvalue weighted by molar-refractivity contribution is -0.143. The second kappa shape index (κ2) is 50.9. The number of ether oxygens (including phenoxy) is 3. The van der Waals surface area contributed by atoms with Crippen LogP contribution in [0.5, 0.6) is 23.0 Å². The Kier molecular flexibility index (Phi) is 38.2. The van der Waals surface area contributed by atoms with E-state index in [0.29, 0.717) is 19.6 Å². The van der Waals surface area contributed by atoms with Crippen molar-refractivity contribution in [2.75, 3.05) is 0 Å². The Balaban J connectivity index is 0.000000148. The third-order valence-corrected chi connectivity index (χ3v) is 33.9. The van der Waals surface area contributed by atoms with Crippen LogP contribution in [0.15, 0.2) is 567 Å². The molecule has 0 aliphatic carbocycles. The highest BCUT2D eigenvalue weighted by Gasteiger charge is 2.43. The molecule has 0 spiro atoms. The summed E-state index contributed by atoms with van der Waals surface area (Å²) in [5, 5.41) is 9.39. The fraction of sp³-hybridized carbons (Fsp3) is 0.122. The summed E-state index contributed by atoms with van der Waals surface area (Å²) in [6.07, 6.45) is -14.1. The van der Waals surface area contributed by atoms with E-state index < -0.39 is 85.4 Å². The number of halogens is 13. The van der Waals surface area contributed by atoms with E-state index in [-0.39, 0.29) is 72.0 Å². The van der Waals surface area contributed by atoms with E-state index in [0.717, 1.165) is 80.7 Å². The first-order chi connectivity index (χ1) is 69.7. The number of rotatable bonds is 21. The van der Waals surface area contributed by atoms with Gasteiger partial charge in [0.25, 0.3) is 0 Å². The van der Waals surface area contributed by atoms with Gasteiger partial charge < -0.3 is 19.3 Å². The van der Waals surface area contributed by atoms with Crippen molar-refractivity contribution in [1.82, 2.24) is 0 Å². The zero-order chi connectivity index (χ0) is 104. The Morgan fingerprint density at radius 1 is 0.171 bits per heavy atom. The Morgan fingerprint density at radius 3 is 0.603 bits per heavy atom. The molecule has 18 rings (SSSR count). The average molecular weight is 2090 g/mol. The minimum Gasteiger partial charge on any atom is -0.505 e. The predicted molar refractivity (Wildman–Crippen MR) is 567 cm³/mol. The molecule has 0 aromatic heterocycles. The van der Waals surface area contributed by atoms with Crippen LogP contribution in [0.25, 0.3) is 0 Å². The zero-order valence-electron chi connectivity index (χ0n) is 81.1. The molecule has 0 radical (unpaired) electrons. The molecule has 146 heavy (non-hydrogen) atoms. The SMILES string of the molecule is CC(C)(C)Oc1ccc([S+](c2ccc(OC(C)(C)C)cc2)c2ccc(OC(C)(C)C)cc2)cc1.FC(F)(F)c1cc([S+](c2ccccc2)c2ccccc2)cc(C(F)(F)F)c1.FC(F)(F)c1cccc([S+](c2ccccc2)c2ccccc2)c1.Fc1cc(F)cc([S+](c2ccccc2)c2ccccc2)c1.Fc1cccc([S+](c2ccccc2)c2ccccc2)c1.Oc1ccc([S+](c2ccccc2)c2ccccc2)cc1F. The van der Waals surface area contributed by atoms with Crippen LogP contribution >= 0.6 is 0 Å². The van der Waals surface area contributed by atoms with Gasteiger partial charge in [-0.05, 0) is 299 Å². The van der Waals surface area contributed by atoms with Crippen LogP contribution in [0.3, 0.4) is 0 Å². The number of alkyl halides is 9. The van der Waals surface area contributed by atoms with E-state index in [1.54, 1.807) is 84.9 Å². The molecule has 18 aromatic rings. The van der Waals surface area contributed by atoms with Crippen LogP contribution in [-0.4, -0.2) is 21.9 Å². The molecule has 0 saturated heterocycles. The van der Waals surface area contributed by atoms with Gasteiger partial charge in [-0.2, -0.15) is 39.5 Å². The second-order valence-corrected chi connectivity index (χ2v) is 47.6. The van der Waals surface area contributed by atoms with Gasteiger partial charge in [0, 0.05) is 48.5 Å². The van der Waals surface area contributed by atoms with E-state index in [9.17, 15) is 62.2 Å². The monoisotopic (exact) mass is 2090 g/mol. The summed E-state index contributed by atoms with van der Waals surface area (Å²) in [6.45, 7) is 18.6. The van der Waals surface area contributed by atoms with Gasteiger partial charge in [0.05, 0.1) is 82.1 Å². The minimum atomic E-state index is -4.88. The molecule has 4 nitrogen and oxygen atoms in total. The summed E-state index contributed by atoms with van der Waals surface area (Å²) < 4.78 is 191. The summed E-state index contributed by atoms with van der Waals surface area (Å²) in [5.41, 5.74) is -3.91. The first kappa shape index (κ1) is 110. The molecule has 744 valence electrons. The van der Waals surface area contributed by atoms with Crippen LogP contribution in [-0.2, 0) is 83.9 Å². The van der Waals surface area contributed by atoms with Crippen LogP contribution in [0.1, 0.15) is 79.0 Å². The van der Waals surface area contributed by atoms with Gasteiger partial charge in [0.1, 0.15) is 51.5 Å². The third kappa shape index (κ3) is 32.7. The average Bonchev–Trinajstić information content (AvgIpc) is 0.784. The number of hydrogen-bond donors (Lipinski definition) is 1. The van der Waals surface area contributed by atoms with Crippen molar-refractivity contribution in [2.24, 2.45) is 0 Å². The van der Waals surface area contributed by atoms with Gasteiger partial charge in [-0.15, -0.1) is 0 Å². The fourth-order valence-corrected chi connectivity index (χ4v) is 27.4. The van der Waals surface area contributed by atoms with E-state index >= 15 is 0 Å². The third-order valence-electron chi connectivity index (χ3n) is 20.7. The largest absolute Gasteiger partial charge is 0.505 e. The van der Waals surface area contributed by atoms with Crippen molar-refractivity contribution in [3.05, 3.63) is 519 Å². The molecule has 0 bridgehead atoms. The summed E-state index contributed by atoms with van der Waals surface area (Å²) >= 11 is 0. The molecule has 0 aliphatic heterocycles. The van der Waals surface area contributed by atoms with E-state index in [2.05, 4.69) is 159 Å². The van der Waals surface area contributed by atoms with Crippen molar-refractivity contribution in [3.8, 4) is 23.0 Å². The molecule has 0 fully saturated rings. The van der Waals surface area contributed by atoms with Crippen LogP contribution in [0, 0.1) is 23.3 Å². The van der Waals surface area contributed by atoms with Gasteiger partial charge in [0.2, 0.25) is 0 Å². The topological polar surface area (TPSA) is 47.9 Å². The van der Waals surface area contributed by atoms with Crippen molar-refractivity contribution in [3.63, 3.8) is 0 Å². The Labute approximate surface area is 863 Å². The Morgan fingerprint density at radius 2 is 0.363 bits per heavy atom. The first-order valence-electron chi connectivity index (χ1n) is 46.2. The summed E-state index contributed by atoms with van der Waals surface area (Å²) in [6, 6.07) is 144. The van der Waals surface area contributed by atoms with Gasteiger partial charge in [-0.1, -0.05) is 194 Å². The van der Waals surface area contributed by atoms with Gasteiger partial charge in [-0.25, -0.2) is 17.6 Å². The van der Waals surface area contributed by atoms with E-state index in [1.807, 2.05) is 224 Å². The van der Waals surface area contributed by atoms with Crippen molar-refractivity contribution < 1.29 is 76.4 Å². The Bertz CT molecular complexity index is 6680. The number of aromatic hydroxyl groups is 1. The number of benzene rings is 18. The zero-order valence-corrected chi connectivity index (χ0v) is 86.0. The van der Waals surface area contributed by atoms with Crippen molar-refractivity contribution in [2.45, 2.75) is 186 Å². The lowest BCUT2D eigenvalue weighted by Crippen LogP contribution is -2.23. The smallest absolute Gasteiger partial charge is 0.416 e. The van der Waals surface area contributed by atoms with Gasteiger partial charge in [0.15, 0.2) is 99.7 Å². The highest BCUT2D eigenvalue weighted by atomic mass is 32.2. The maximum atomic E-state index is 13.7. The molecular weight excluding hydrogens is 1980 g/mol. The standard InChI is InChI=1S/C30H39O3S.C20H13F6S.C19H14F3S.C18H13F2S.C18H13FOS.C18H14FS/c1-28(2,3)31-22-10-16-25(17-11-22)34(26-18-12-23(13-19-26)32-29(4,5)6)27-20-14-24(15-21-27)33-30(7,8)9;21-19(22,23)14-11-15(20(24,25)26)13-18(12-14)27(16-7-3-1-4-8-16)17-9-5-2-6-10-17;20-19(21,22)15-8-7-13-18(14-15)23(16-9-3-1-4-10-16)17-11-5-2-6-12-17;19-14-11-15(20)13-18(12-14)21(16-7-3-1-4-8-16)17-9-5-2-6-10-17;19-17-13-16(11-12-18(17)20)21(14-7-3-1-4-8-14)15-9-5-2-6-10-15;19-15-8-7-13-18(14-15)20(16-9-3-1-4-10-16)17-11-5-2-6-12-17/h10-21H,1-9H3;1-13H;1-14H;2*1-13H;1-14H/q4*+1;;+1/p+1. The molecule has 0 aliphatic rings. The van der Waals surface area contributed by atoms with Crippen molar-refractivity contribution >= 4 is 65.4 Å². The molecule has 0 amide bonds. The Hall–Kier alpha value is -13.7. The predicted octanol–water partition coefficient (Wildman–Crippen LogP) is 35.5. The number of hydrogen-bond acceptors (Lipinski definition) is 4. The lowest BCUT2D eigenvalue weighted by atomic mass is 10.1. The van der Waals surface area contributed by atoms with Gasteiger partial charge in [-0.3, -0.25) is 0 Å². The molecular formula is C123H107F13O4S6+6. The molecule has 0 unspecified atom stereocenters. The van der Waals surface area contributed by atoms with E-state index in [1.165, 1.54) is 66.9 Å².